The van der Waals surface area contributed by atoms with Crippen LogP contribution in [0.15, 0.2) is 18.2 Å². The summed E-state index contributed by atoms with van der Waals surface area (Å²) in [5, 5.41) is 0. The Labute approximate surface area is 113 Å². The van der Waals surface area contributed by atoms with Crippen molar-refractivity contribution in [3.63, 3.8) is 0 Å². The smallest absolute Gasteiger partial charge is 0.307 e. The number of carbonyl (C=O) groups excluding carboxylic acids is 2. The largest absolute Gasteiger partial charge is 0.466 e. The molecule has 5 nitrogen and oxygen atoms in total. The number of ether oxygens (including phenoxy) is 1. The lowest BCUT2D eigenvalue weighted by molar-refractivity contribution is -0.143. The number of amides is 1. The van der Waals surface area contributed by atoms with Crippen LogP contribution in [0.1, 0.15) is 29.3 Å². The van der Waals surface area contributed by atoms with Gasteiger partial charge in [-0.05, 0) is 31.5 Å². The molecule has 19 heavy (non-hydrogen) atoms. The highest BCUT2D eigenvalue weighted by Gasteiger charge is 2.14. The summed E-state index contributed by atoms with van der Waals surface area (Å²) in [6.45, 7) is 4.31. The Bertz CT molecular complexity index is 472. The molecule has 0 bridgehead atoms. The highest BCUT2D eigenvalue weighted by Crippen LogP contribution is 2.14. The van der Waals surface area contributed by atoms with Crippen LogP contribution < -0.4 is 5.73 Å². The van der Waals surface area contributed by atoms with E-state index in [1.54, 1.807) is 26.1 Å². The third kappa shape index (κ3) is 4.28. The molecule has 1 amide bonds. The van der Waals surface area contributed by atoms with Gasteiger partial charge in [0.1, 0.15) is 0 Å². The predicted molar refractivity (Wildman–Crippen MR) is 73.8 cm³/mol. The molecule has 0 aliphatic heterocycles. The molecular formula is C14H20N2O3. The normalized spacial score (nSPS) is 10.1. The number of rotatable bonds is 5. The number of hydrogen-bond acceptors (Lipinski definition) is 4. The van der Waals surface area contributed by atoms with Crippen molar-refractivity contribution in [1.29, 1.82) is 0 Å². The van der Waals surface area contributed by atoms with Crippen LogP contribution in [0.4, 0.5) is 5.69 Å². The van der Waals surface area contributed by atoms with Crippen molar-refractivity contribution in [3.8, 4) is 0 Å². The Balaban J connectivity index is 2.61. The second kappa shape index (κ2) is 6.78. The lowest BCUT2D eigenvalue weighted by Crippen LogP contribution is -2.29. The first-order valence-electron chi connectivity index (χ1n) is 6.23. The Kier molecular flexibility index (Phi) is 5.36. The fraction of sp³-hybridized carbons (Fsp3) is 0.429. The van der Waals surface area contributed by atoms with Crippen LogP contribution >= 0.6 is 0 Å². The summed E-state index contributed by atoms with van der Waals surface area (Å²) in [6.07, 6.45) is 0.192. The van der Waals surface area contributed by atoms with Gasteiger partial charge in [-0.1, -0.05) is 6.07 Å². The maximum Gasteiger partial charge on any atom is 0.307 e. The Morgan fingerprint density at radius 3 is 2.63 bits per heavy atom. The van der Waals surface area contributed by atoms with Gasteiger partial charge in [0, 0.05) is 24.8 Å². The zero-order chi connectivity index (χ0) is 14.4. The van der Waals surface area contributed by atoms with E-state index in [9.17, 15) is 9.59 Å². The van der Waals surface area contributed by atoms with Crippen molar-refractivity contribution in [3.05, 3.63) is 29.3 Å². The number of nitrogens with zero attached hydrogens (tertiary/aromatic N) is 1. The number of anilines is 1. The van der Waals surface area contributed by atoms with E-state index < -0.39 is 0 Å². The molecule has 0 atom stereocenters. The predicted octanol–water partition coefficient (Wildman–Crippen LogP) is 1.60. The second-order valence-electron chi connectivity index (χ2n) is 4.35. The fourth-order valence-corrected chi connectivity index (χ4v) is 1.59. The maximum absolute atomic E-state index is 12.1. The Morgan fingerprint density at radius 1 is 1.37 bits per heavy atom. The van der Waals surface area contributed by atoms with Gasteiger partial charge in [0.05, 0.1) is 13.0 Å². The molecule has 2 N–H and O–H groups in total. The number of esters is 1. The van der Waals surface area contributed by atoms with Crippen LogP contribution in [0, 0.1) is 6.92 Å². The van der Waals surface area contributed by atoms with Gasteiger partial charge in [0.2, 0.25) is 0 Å². The molecule has 0 radical (unpaired) electrons. The zero-order valence-electron chi connectivity index (χ0n) is 11.6. The molecule has 0 saturated carbocycles. The van der Waals surface area contributed by atoms with E-state index in [4.69, 9.17) is 10.5 Å². The molecule has 104 valence electrons. The van der Waals surface area contributed by atoms with Crippen LogP contribution in [0.3, 0.4) is 0 Å². The minimum Gasteiger partial charge on any atom is -0.466 e. The van der Waals surface area contributed by atoms with Crippen LogP contribution in [0.5, 0.6) is 0 Å². The summed E-state index contributed by atoms with van der Waals surface area (Å²) in [5.74, 6) is -0.457. The first kappa shape index (κ1) is 15.0. The van der Waals surface area contributed by atoms with Gasteiger partial charge in [0.15, 0.2) is 0 Å². The lowest BCUT2D eigenvalue weighted by atomic mass is 10.1. The summed E-state index contributed by atoms with van der Waals surface area (Å²) in [7, 11) is 1.65. The third-order valence-electron chi connectivity index (χ3n) is 2.83. The molecule has 0 saturated heterocycles. The van der Waals surface area contributed by atoms with Gasteiger partial charge >= 0.3 is 5.97 Å². The summed E-state index contributed by atoms with van der Waals surface area (Å²) in [4.78, 5) is 24.8. The summed E-state index contributed by atoms with van der Waals surface area (Å²) >= 11 is 0. The molecule has 0 aliphatic rings. The topological polar surface area (TPSA) is 72.6 Å². The molecular weight excluding hydrogens is 244 g/mol. The molecule has 0 unspecified atom stereocenters. The number of nitrogen functional groups attached to an aromatic ring is 1. The molecule has 1 aromatic carbocycles. The Hall–Kier alpha value is -2.04. The third-order valence-corrected chi connectivity index (χ3v) is 2.83. The average molecular weight is 264 g/mol. The van der Waals surface area contributed by atoms with Crippen LogP contribution in [0.25, 0.3) is 0 Å². The van der Waals surface area contributed by atoms with E-state index in [-0.39, 0.29) is 18.3 Å². The van der Waals surface area contributed by atoms with Crippen LogP contribution in [0.2, 0.25) is 0 Å². The van der Waals surface area contributed by atoms with Gasteiger partial charge in [-0.25, -0.2) is 0 Å². The van der Waals surface area contributed by atoms with Crippen molar-refractivity contribution in [2.75, 3.05) is 25.9 Å². The van der Waals surface area contributed by atoms with E-state index in [1.165, 1.54) is 4.90 Å². The second-order valence-corrected chi connectivity index (χ2v) is 4.35. The zero-order valence-corrected chi connectivity index (χ0v) is 11.6. The van der Waals surface area contributed by atoms with Crippen LogP contribution in [-0.2, 0) is 9.53 Å². The number of benzene rings is 1. The molecule has 0 spiro atoms. The lowest BCUT2D eigenvalue weighted by Gasteiger charge is -2.17. The number of carbonyl (C=O) groups is 2. The SMILES string of the molecule is CCOC(=O)CCN(C)C(=O)c1ccc(C)c(N)c1. The van der Waals surface area contributed by atoms with Crippen molar-refractivity contribution in [2.24, 2.45) is 0 Å². The van der Waals surface area contributed by atoms with Gasteiger partial charge < -0.3 is 15.4 Å². The molecule has 1 aromatic rings. The molecule has 1 rings (SSSR count). The highest BCUT2D eigenvalue weighted by molar-refractivity contribution is 5.95. The van der Waals surface area contributed by atoms with E-state index in [0.29, 0.717) is 24.4 Å². The molecule has 0 heterocycles. The van der Waals surface area contributed by atoms with Crippen molar-refractivity contribution in [1.82, 2.24) is 4.90 Å². The highest BCUT2D eigenvalue weighted by atomic mass is 16.5. The molecule has 0 fully saturated rings. The minimum absolute atomic E-state index is 0.156. The summed E-state index contributed by atoms with van der Waals surface area (Å²) in [6, 6.07) is 5.19. The Morgan fingerprint density at radius 2 is 2.05 bits per heavy atom. The van der Waals surface area contributed by atoms with E-state index in [2.05, 4.69) is 0 Å². The first-order chi connectivity index (χ1) is 8.95. The maximum atomic E-state index is 12.1. The van der Waals surface area contributed by atoms with Crippen molar-refractivity contribution in [2.45, 2.75) is 20.3 Å². The van der Waals surface area contributed by atoms with Crippen molar-refractivity contribution >= 4 is 17.6 Å². The number of aryl methyl sites for hydroxylation is 1. The molecule has 0 aromatic heterocycles. The standard InChI is InChI=1S/C14H20N2O3/c1-4-19-13(17)7-8-16(3)14(18)11-6-5-10(2)12(15)9-11/h5-6,9H,4,7-8,15H2,1-3H3. The van der Waals surface area contributed by atoms with Gasteiger partial charge in [-0.15, -0.1) is 0 Å². The molecule has 0 aliphatic carbocycles. The van der Waals surface area contributed by atoms with Crippen molar-refractivity contribution < 1.29 is 14.3 Å². The fourth-order valence-electron chi connectivity index (χ4n) is 1.59. The average Bonchev–Trinajstić information content (AvgIpc) is 2.38. The summed E-state index contributed by atoms with van der Waals surface area (Å²) in [5.41, 5.74) is 7.82. The van der Waals surface area contributed by atoms with Gasteiger partial charge in [-0.2, -0.15) is 0 Å². The van der Waals surface area contributed by atoms with E-state index in [1.807, 2.05) is 13.0 Å². The van der Waals surface area contributed by atoms with Gasteiger partial charge in [0.25, 0.3) is 5.91 Å². The molecule has 5 heteroatoms. The first-order valence-corrected chi connectivity index (χ1v) is 6.23. The quantitative estimate of drug-likeness (QED) is 0.647. The number of hydrogen-bond donors (Lipinski definition) is 1. The summed E-state index contributed by atoms with van der Waals surface area (Å²) < 4.78 is 4.82. The van der Waals surface area contributed by atoms with Crippen LogP contribution in [-0.4, -0.2) is 37.0 Å². The monoisotopic (exact) mass is 264 g/mol. The number of nitrogens with two attached hydrogens (primary N) is 1. The van der Waals surface area contributed by atoms with E-state index >= 15 is 0 Å². The minimum atomic E-state index is -0.300. The van der Waals surface area contributed by atoms with Gasteiger partial charge in [-0.3, -0.25) is 9.59 Å². The van der Waals surface area contributed by atoms with E-state index in [0.717, 1.165) is 5.56 Å².